The number of carbonyl (C=O) groups excluding carboxylic acids is 1. The molecule has 7 heteroatoms. The van der Waals surface area contributed by atoms with Crippen molar-refractivity contribution >= 4 is 28.3 Å². The van der Waals surface area contributed by atoms with Crippen LogP contribution in [0.25, 0.3) is 0 Å². The van der Waals surface area contributed by atoms with Crippen molar-refractivity contribution < 1.29 is 4.79 Å². The Kier molecular flexibility index (Phi) is 3.71. The zero-order valence-electron chi connectivity index (χ0n) is 8.80. The van der Waals surface area contributed by atoms with Gasteiger partial charge in [0, 0.05) is 0 Å². The quantitative estimate of drug-likeness (QED) is 0.641. The fourth-order valence-corrected chi connectivity index (χ4v) is 1.73. The van der Waals surface area contributed by atoms with Gasteiger partial charge in [-0.25, -0.2) is 4.68 Å². The maximum Gasteiger partial charge on any atom is 0.241 e. The molecule has 1 amide bonds. The van der Waals surface area contributed by atoms with E-state index in [0.29, 0.717) is 23.6 Å². The van der Waals surface area contributed by atoms with E-state index in [4.69, 9.17) is 0 Å². The molecule has 2 aromatic rings. The Balaban J connectivity index is 2.17. The van der Waals surface area contributed by atoms with Crippen LogP contribution in [0.1, 0.15) is 5.56 Å². The van der Waals surface area contributed by atoms with Crippen molar-refractivity contribution in [1.82, 2.24) is 20.2 Å². The van der Waals surface area contributed by atoms with E-state index in [1.165, 1.54) is 0 Å². The number of amides is 1. The van der Waals surface area contributed by atoms with Gasteiger partial charge in [-0.2, -0.15) is 4.98 Å². The summed E-state index contributed by atoms with van der Waals surface area (Å²) in [5.74, 6) is 0.466. The molecule has 1 heterocycles. The van der Waals surface area contributed by atoms with Crippen molar-refractivity contribution in [2.45, 2.75) is 6.54 Å². The zero-order valence-corrected chi connectivity index (χ0v) is 10.4. The number of hydrazine groups is 1. The normalized spacial score (nSPS) is 9.94. The predicted molar refractivity (Wildman–Crippen MR) is 66.1 cm³/mol. The lowest BCUT2D eigenvalue weighted by Gasteiger charge is -2.06. The number of rotatable bonds is 5. The van der Waals surface area contributed by atoms with Gasteiger partial charge in [0.2, 0.25) is 17.1 Å². The molecular formula is C10H10BrN5O. The Morgan fingerprint density at radius 2 is 2.12 bits per heavy atom. The lowest BCUT2D eigenvalue weighted by Crippen LogP contribution is -2.22. The van der Waals surface area contributed by atoms with E-state index in [9.17, 15) is 4.79 Å². The van der Waals surface area contributed by atoms with Gasteiger partial charge in [-0.1, -0.05) is 30.3 Å². The summed E-state index contributed by atoms with van der Waals surface area (Å²) in [4.78, 5) is 14.3. The number of nitrogens with one attached hydrogen (secondary N) is 2. The van der Waals surface area contributed by atoms with Crippen molar-refractivity contribution in [2.75, 3.05) is 5.43 Å². The molecule has 0 fully saturated rings. The van der Waals surface area contributed by atoms with Crippen molar-refractivity contribution in [2.24, 2.45) is 0 Å². The molecular weight excluding hydrogens is 286 g/mol. The van der Waals surface area contributed by atoms with Crippen molar-refractivity contribution in [1.29, 1.82) is 0 Å². The third-order valence-corrected chi connectivity index (χ3v) is 2.40. The van der Waals surface area contributed by atoms with E-state index in [0.717, 1.165) is 5.56 Å². The molecule has 2 rings (SSSR count). The smallest absolute Gasteiger partial charge is 0.241 e. The number of halogens is 1. The molecule has 0 aliphatic heterocycles. The first kappa shape index (κ1) is 11.6. The Labute approximate surface area is 106 Å². The first-order valence-corrected chi connectivity index (χ1v) is 5.68. The van der Waals surface area contributed by atoms with Gasteiger partial charge in [-0.3, -0.25) is 15.6 Å². The van der Waals surface area contributed by atoms with Crippen LogP contribution in [0.15, 0.2) is 35.1 Å². The maximum atomic E-state index is 10.2. The van der Waals surface area contributed by atoms with Crippen LogP contribution in [-0.2, 0) is 11.3 Å². The number of aromatic nitrogens is 3. The van der Waals surface area contributed by atoms with Crippen LogP contribution in [0.2, 0.25) is 0 Å². The Morgan fingerprint density at radius 1 is 1.35 bits per heavy atom. The molecule has 0 radical (unpaired) electrons. The van der Waals surface area contributed by atoms with Crippen LogP contribution in [0.5, 0.6) is 0 Å². The van der Waals surface area contributed by atoms with Crippen LogP contribution in [-0.4, -0.2) is 21.2 Å². The summed E-state index contributed by atoms with van der Waals surface area (Å²) >= 11 is 3.19. The molecule has 0 aliphatic rings. The lowest BCUT2D eigenvalue weighted by atomic mass is 10.2. The summed E-state index contributed by atoms with van der Waals surface area (Å²) < 4.78 is 2.11. The second-order valence-corrected chi connectivity index (χ2v) is 3.94. The first-order valence-electron chi connectivity index (χ1n) is 4.89. The minimum absolute atomic E-state index is 0.462. The summed E-state index contributed by atoms with van der Waals surface area (Å²) in [7, 11) is 0. The van der Waals surface area contributed by atoms with Gasteiger partial charge >= 0.3 is 0 Å². The molecule has 0 spiro atoms. The van der Waals surface area contributed by atoms with Gasteiger partial charge in [0.15, 0.2) is 0 Å². The molecule has 1 aromatic heterocycles. The third-order valence-electron chi connectivity index (χ3n) is 2.06. The summed E-state index contributed by atoms with van der Waals surface area (Å²) in [6.45, 7) is 0.572. The van der Waals surface area contributed by atoms with Crippen LogP contribution in [0.4, 0.5) is 5.95 Å². The number of hydrogen-bond acceptors (Lipinski definition) is 4. The summed E-state index contributed by atoms with van der Waals surface area (Å²) in [6, 6.07) is 9.85. The van der Waals surface area contributed by atoms with E-state index in [2.05, 4.69) is 36.9 Å². The van der Waals surface area contributed by atoms with E-state index < -0.39 is 0 Å². The van der Waals surface area contributed by atoms with Gasteiger partial charge < -0.3 is 0 Å². The second-order valence-electron chi connectivity index (χ2n) is 3.23. The fourth-order valence-electron chi connectivity index (χ4n) is 1.37. The Bertz CT molecular complexity index is 499. The van der Waals surface area contributed by atoms with Gasteiger partial charge in [0.25, 0.3) is 0 Å². The Hall–Kier alpha value is -1.89. The predicted octanol–water partition coefficient (Wildman–Crippen LogP) is 1.16. The van der Waals surface area contributed by atoms with Crippen molar-refractivity contribution in [3.63, 3.8) is 0 Å². The molecule has 0 saturated heterocycles. The summed E-state index contributed by atoms with van der Waals surface area (Å²) in [5, 5.41) is 4.16. The summed E-state index contributed by atoms with van der Waals surface area (Å²) in [5.41, 5.74) is 6.07. The Morgan fingerprint density at radius 3 is 2.82 bits per heavy atom. The number of benzene rings is 1. The molecule has 0 unspecified atom stereocenters. The standard InChI is InChI=1S/C10H10BrN5O/c11-9-13-10(14-12-7-17)16(15-9)6-8-4-2-1-3-5-8/h1-5,7H,6H2,(H,12,17)(H,13,14,15). The van der Waals surface area contributed by atoms with Crippen molar-refractivity contribution in [3.05, 3.63) is 40.6 Å². The molecule has 0 atom stereocenters. The highest BCUT2D eigenvalue weighted by Gasteiger charge is 2.07. The van der Waals surface area contributed by atoms with Crippen LogP contribution in [0.3, 0.4) is 0 Å². The maximum absolute atomic E-state index is 10.2. The number of carbonyl (C=O) groups is 1. The van der Waals surface area contributed by atoms with Crippen LogP contribution in [0, 0.1) is 0 Å². The van der Waals surface area contributed by atoms with Gasteiger partial charge in [0.05, 0.1) is 6.54 Å². The lowest BCUT2D eigenvalue weighted by molar-refractivity contribution is -0.109. The monoisotopic (exact) mass is 295 g/mol. The second kappa shape index (κ2) is 5.44. The molecule has 2 N–H and O–H groups in total. The van der Waals surface area contributed by atoms with E-state index in [1.807, 2.05) is 30.3 Å². The molecule has 88 valence electrons. The zero-order chi connectivity index (χ0) is 12.1. The largest absolute Gasteiger partial charge is 0.277 e. The van der Waals surface area contributed by atoms with E-state index in [-0.39, 0.29) is 0 Å². The molecule has 17 heavy (non-hydrogen) atoms. The van der Waals surface area contributed by atoms with E-state index in [1.54, 1.807) is 4.68 Å². The average Bonchev–Trinajstić information content (AvgIpc) is 2.68. The highest BCUT2D eigenvalue weighted by Crippen LogP contribution is 2.11. The van der Waals surface area contributed by atoms with Crippen molar-refractivity contribution in [3.8, 4) is 0 Å². The average molecular weight is 296 g/mol. The molecule has 0 bridgehead atoms. The minimum Gasteiger partial charge on any atom is -0.277 e. The number of anilines is 1. The van der Waals surface area contributed by atoms with Gasteiger partial charge in [-0.05, 0) is 21.5 Å². The minimum atomic E-state index is 0.462. The molecule has 1 aromatic carbocycles. The van der Waals surface area contributed by atoms with Gasteiger partial charge in [0.1, 0.15) is 0 Å². The van der Waals surface area contributed by atoms with Crippen LogP contribution >= 0.6 is 15.9 Å². The molecule has 6 nitrogen and oxygen atoms in total. The fraction of sp³-hybridized carbons (Fsp3) is 0.100. The number of nitrogens with zero attached hydrogens (tertiary/aromatic N) is 3. The van der Waals surface area contributed by atoms with Gasteiger partial charge in [-0.15, -0.1) is 5.10 Å². The van der Waals surface area contributed by atoms with E-state index >= 15 is 0 Å². The highest BCUT2D eigenvalue weighted by atomic mass is 79.9. The SMILES string of the molecule is O=CNNc1nc(Br)nn1Cc1ccccc1. The summed E-state index contributed by atoms with van der Waals surface area (Å²) in [6.07, 6.45) is 0.537. The molecule has 0 aliphatic carbocycles. The number of hydrogen-bond donors (Lipinski definition) is 2. The highest BCUT2D eigenvalue weighted by molar-refractivity contribution is 9.10. The third kappa shape index (κ3) is 3.04. The molecule has 0 saturated carbocycles. The first-order chi connectivity index (χ1) is 8.29. The topological polar surface area (TPSA) is 71.8 Å². The van der Waals surface area contributed by atoms with Crippen LogP contribution < -0.4 is 10.9 Å².